The normalized spacial score (nSPS) is 24.4. The van der Waals surface area contributed by atoms with Gasteiger partial charge in [0.05, 0.1) is 6.54 Å². The molecule has 0 aromatic carbocycles. The molecule has 5 heteroatoms. The summed E-state index contributed by atoms with van der Waals surface area (Å²) in [7, 11) is 0. The lowest BCUT2D eigenvalue weighted by Gasteiger charge is -2.02. The summed E-state index contributed by atoms with van der Waals surface area (Å²) in [5, 5.41) is 5.09. The number of imide groups is 1. The molecule has 3 amide bonds. The molecule has 0 bridgehead atoms. The van der Waals surface area contributed by atoms with Crippen molar-refractivity contribution in [3.8, 4) is 0 Å². The minimum absolute atomic E-state index is 0.174. The van der Waals surface area contributed by atoms with Crippen molar-refractivity contribution in [3.63, 3.8) is 0 Å². The maximum Gasteiger partial charge on any atom is 0.318 e. The third kappa shape index (κ3) is 3.74. The van der Waals surface area contributed by atoms with Crippen LogP contribution in [0.4, 0.5) is 4.79 Å². The van der Waals surface area contributed by atoms with Gasteiger partial charge in [0.1, 0.15) is 0 Å². The van der Waals surface area contributed by atoms with Crippen LogP contribution in [0.2, 0.25) is 0 Å². The van der Waals surface area contributed by atoms with Gasteiger partial charge in [-0.2, -0.15) is 0 Å². The molecule has 1 aliphatic carbocycles. The highest BCUT2D eigenvalue weighted by Crippen LogP contribution is 2.34. The van der Waals surface area contributed by atoms with Crippen molar-refractivity contribution in [2.75, 3.05) is 6.54 Å². The van der Waals surface area contributed by atoms with E-state index in [1.165, 1.54) is 12.8 Å². The maximum atomic E-state index is 11.0. The number of hydrogen-bond acceptors (Lipinski definition) is 3. The van der Waals surface area contributed by atoms with Crippen LogP contribution in [-0.2, 0) is 4.79 Å². The molecule has 1 rings (SSSR count). The summed E-state index contributed by atoms with van der Waals surface area (Å²) >= 11 is 0. The van der Waals surface area contributed by atoms with Crippen molar-refractivity contribution >= 4 is 11.9 Å². The molecule has 0 aromatic heterocycles. The van der Waals surface area contributed by atoms with Crippen LogP contribution in [0.5, 0.6) is 0 Å². The van der Waals surface area contributed by atoms with Gasteiger partial charge in [0.2, 0.25) is 5.91 Å². The van der Waals surface area contributed by atoms with E-state index in [-0.39, 0.29) is 12.5 Å². The Morgan fingerprint density at radius 2 is 2.21 bits per heavy atom. The van der Waals surface area contributed by atoms with Crippen LogP contribution >= 0.6 is 0 Å². The molecule has 14 heavy (non-hydrogen) atoms. The number of primary amides is 1. The number of rotatable bonds is 5. The van der Waals surface area contributed by atoms with Crippen LogP contribution in [-0.4, -0.2) is 24.5 Å². The van der Waals surface area contributed by atoms with E-state index >= 15 is 0 Å². The van der Waals surface area contributed by atoms with Crippen molar-refractivity contribution in [3.05, 3.63) is 0 Å². The van der Waals surface area contributed by atoms with E-state index in [0.29, 0.717) is 12.0 Å². The van der Waals surface area contributed by atoms with E-state index in [4.69, 9.17) is 5.73 Å². The van der Waals surface area contributed by atoms with E-state index in [9.17, 15) is 9.59 Å². The van der Waals surface area contributed by atoms with Crippen LogP contribution in [0.3, 0.4) is 0 Å². The molecule has 0 saturated heterocycles. The molecule has 2 atom stereocenters. The molecule has 2 unspecified atom stereocenters. The Kier molecular flexibility index (Phi) is 3.88. The lowest BCUT2D eigenvalue weighted by atomic mass is 10.2. The second-order valence-electron chi connectivity index (χ2n) is 3.68. The van der Waals surface area contributed by atoms with Gasteiger partial charge in [-0.3, -0.25) is 10.1 Å². The standard InChI is InChI=1S/C9H17N3O2/c1-2-3-6-4-7(6)11-5-8(13)12-9(10)14/h6-7,11H,2-5H2,1H3,(H3,10,12,13,14). The first kappa shape index (κ1) is 11.0. The van der Waals surface area contributed by atoms with Crippen molar-refractivity contribution in [1.82, 2.24) is 10.6 Å². The summed E-state index contributed by atoms with van der Waals surface area (Å²) in [6.45, 7) is 2.32. The van der Waals surface area contributed by atoms with Gasteiger partial charge in [-0.25, -0.2) is 4.79 Å². The number of carbonyl (C=O) groups is 2. The summed E-state index contributed by atoms with van der Waals surface area (Å²) in [6.07, 6.45) is 3.52. The largest absolute Gasteiger partial charge is 0.351 e. The smallest absolute Gasteiger partial charge is 0.318 e. The minimum Gasteiger partial charge on any atom is -0.351 e. The molecule has 0 aromatic rings. The van der Waals surface area contributed by atoms with Gasteiger partial charge in [-0.15, -0.1) is 0 Å². The Morgan fingerprint density at radius 3 is 2.79 bits per heavy atom. The van der Waals surface area contributed by atoms with Crippen molar-refractivity contribution in [1.29, 1.82) is 0 Å². The Bertz CT molecular complexity index is 230. The van der Waals surface area contributed by atoms with E-state index < -0.39 is 6.03 Å². The molecule has 1 aliphatic rings. The summed E-state index contributed by atoms with van der Waals surface area (Å²) in [6, 6.07) is -0.341. The second-order valence-corrected chi connectivity index (χ2v) is 3.68. The van der Waals surface area contributed by atoms with Gasteiger partial charge in [0.15, 0.2) is 0 Å². The van der Waals surface area contributed by atoms with Crippen molar-refractivity contribution in [2.45, 2.75) is 32.2 Å². The SMILES string of the molecule is CCCC1CC1NCC(=O)NC(N)=O. The number of carbonyl (C=O) groups excluding carboxylic acids is 2. The van der Waals surface area contributed by atoms with Crippen LogP contribution in [0, 0.1) is 5.92 Å². The molecular formula is C9H17N3O2. The predicted molar refractivity (Wildman–Crippen MR) is 52.5 cm³/mol. The van der Waals surface area contributed by atoms with Gasteiger partial charge in [-0.05, 0) is 18.8 Å². The Hall–Kier alpha value is -1.10. The van der Waals surface area contributed by atoms with Crippen LogP contribution in [0.25, 0.3) is 0 Å². The van der Waals surface area contributed by atoms with Gasteiger partial charge >= 0.3 is 6.03 Å². The number of amides is 3. The molecular weight excluding hydrogens is 182 g/mol. The van der Waals surface area contributed by atoms with Crippen molar-refractivity contribution in [2.24, 2.45) is 11.7 Å². The third-order valence-electron chi connectivity index (χ3n) is 2.37. The van der Waals surface area contributed by atoms with Crippen LogP contribution < -0.4 is 16.4 Å². The molecule has 0 spiro atoms. The summed E-state index contributed by atoms with van der Waals surface area (Å²) < 4.78 is 0. The van der Waals surface area contributed by atoms with E-state index in [1.54, 1.807) is 0 Å². The predicted octanol–water partition coefficient (Wildman–Crippen LogP) is -0.0405. The zero-order valence-electron chi connectivity index (χ0n) is 8.38. The monoisotopic (exact) mass is 199 g/mol. The van der Waals surface area contributed by atoms with E-state index in [0.717, 1.165) is 6.42 Å². The fourth-order valence-corrected chi connectivity index (χ4v) is 1.59. The summed E-state index contributed by atoms with van der Waals surface area (Å²) in [4.78, 5) is 21.3. The van der Waals surface area contributed by atoms with Gasteiger partial charge in [0, 0.05) is 6.04 Å². The highest BCUT2D eigenvalue weighted by Gasteiger charge is 2.35. The molecule has 80 valence electrons. The molecule has 1 saturated carbocycles. The molecule has 5 nitrogen and oxygen atoms in total. The quantitative estimate of drug-likeness (QED) is 0.581. The maximum absolute atomic E-state index is 11.0. The fraction of sp³-hybridized carbons (Fsp3) is 0.778. The zero-order valence-corrected chi connectivity index (χ0v) is 8.38. The molecule has 1 fully saturated rings. The zero-order chi connectivity index (χ0) is 10.6. The first-order valence-electron chi connectivity index (χ1n) is 4.96. The number of hydrogen-bond donors (Lipinski definition) is 3. The van der Waals surface area contributed by atoms with Crippen molar-refractivity contribution < 1.29 is 9.59 Å². The first-order chi connectivity index (χ1) is 6.63. The van der Waals surface area contributed by atoms with E-state index in [1.807, 2.05) is 5.32 Å². The fourth-order valence-electron chi connectivity index (χ4n) is 1.59. The lowest BCUT2D eigenvalue weighted by Crippen LogP contribution is -2.41. The lowest BCUT2D eigenvalue weighted by molar-refractivity contribution is -0.119. The molecule has 0 aliphatic heterocycles. The number of urea groups is 1. The average Bonchev–Trinajstić information content (AvgIpc) is 2.80. The summed E-state index contributed by atoms with van der Waals surface area (Å²) in [5.41, 5.74) is 4.79. The number of nitrogens with one attached hydrogen (secondary N) is 2. The van der Waals surface area contributed by atoms with Gasteiger partial charge < -0.3 is 11.1 Å². The number of nitrogens with two attached hydrogens (primary N) is 1. The molecule has 0 radical (unpaired) electrons. The first-order valence-corrected chi connectivity index (χ1v) is 4.96. The topological polar surface area (TPSA) is 84.2 Å². The summed E-state index contributed by atoms with van der Waals surface area (Å²) in [5.74, 6) is 0.348. The Morgan fingerprint density at radius 1 is 1.50 bits per heavy atom. The molecule has 4 N–H and O–H groups in total. The highest BCUT2D eigenvalue weighted by atomic mass is 16.2. The minimum atomic E-state index is -0.794. The second kappa shape index (κ2) is 4.95. The van der Waals surface area contributed by atoms with Crippen LogP contribution in [0.15, 0.2) is 0 Å². The van der Waals surface area contributed by atoms with Crippen LogP contribution in [0.1, 0.15) is 26.2 Å². The van der Waals surface area contributed by atoms with Gasteiger partial charge in [0.25, 0.3) is 0 Å². The average molecular weight is 199 g/mol. The Balaban J connectivity index is 2.05. The van der Waals surface area contributed by atoms with Gasteiger partial charge in [-0.1, -0.05) is 13.3 Å². The highest BCUT2D eigenvalue weighted by molar-refractivity contribution is 5.94. The van der Waals surface area contributed by atoms with E-state index in [2.05, 4.69) is 12.2 Å². The third-order valence-corrected chi connectivity index (χ3v) is 2.37. The molecule has 0 heterocycles. The Labute approximate surface area is 83.4 Å².